The number of carbonyl (C=O) groups excluding carboxylic acids is 1. The maximum Gasteiger partial charge on any atom is 0.259 e. The number of benzene rings is 1. The van der Waals surface area contributed by atoms with Gasteiger partial charge in [-0.25, -0.2) is 0 Å². The van der Waals surface area contributed by atoms with Gasteiger partial charge in [-0.2, -0.15) is 0 Å². The lowest BCUT2D eigenvalue weighted by molar-refractivity contribution is 0.102. The molecule has 2 N–H and O–H groups in total. The van der Waals surface area contributed by atoms with E-state index in [1.807, 2.05) is 32.0 Å². The monoisotopic (exact) mass is 333 g/mol. The van der Waals surface area contributed by atoms with Crippen LogP contribution in [0, 0.1) is 6.92 Å². The van der Waals surface area contributed by atoms with E-state index in [0.29, 0.717) is 5.56 Å². The molecule has 5 heteroatoms. The van der Waals surface area contributed by atoms with Crippen molar-refractivity contribution in [2.45, 2.75) is 13.8 Å². The number of nitrogens with one attached hydrogen (secondary N) is 2. The third-order valence-electron chi connectivity index (χ3n) is 2.95. The highest BCUT2D eigenvalue weighted by Crippen LogP contribution is 2.24. The first kappa shape index (κ1) is 14.5. The van der Waals surface area contributed by atoms with E-state index in [9.17, 15) is 4.79 Å². The second-order valence-corrected chi connectivity index (χ2v) is 5.17. The number of pyridine rings is 1. The topological polar surface area (TPSA) is 54.0 Å². The van der Waals surface area contributed by atoms with Crippen LogP contribution in [0.15, 0.2) is 41.1 Å². The Hall–Kier alpha value is -1.88. The zero-order valence-electron chi connectivity index (χ0n) is 11.4. The van der Waals surface area contributed by atoms with Gasteiger partial charge in [0.25, 0.3) is 5.91 Å². The third kappa shape index (κ3) is 3.17. The molecule has 2 aromatic rings. The molecule has 0 aliphatic carbocycles. The molecule has 0 saturated carbocycles. The summed E-state index contributed by atoms with van der Waals surface area (Å²) < 4.78 is 0.966. The van der Waals surface area contributed by atoms with Gasteiger partial charge in [-0.3, -0.25) is 9.78 Å². The van der Waals surface area contributed by atoms with Crippen LogP contribution in [0.5, 0.6) is 0 Å². The molecule has 0 aliphatic heterocycles. The van der Waals surface area contributed by atoms with Gasteiger partial charge in [0.05, 0.1) is 11.3 Å². The molecule has 0 unspecified atom stereocenters. The van der Waals surface area contributed by atoms with Crippen LogP contribution in [0.1, 0.15) is 22.8 Å². The summed E-state index contributed by atoms with van der Waals surface area (Å²) in [5, 5.41) is 6.08. The van der Waals surface area contributed by atoms with E-state index in [4.69, 9.17) is 0 Å². The number of rotatable bonds is 4. The van der Waals surface area contributed by atoms with Gasteiger partial charge in [0.15, 0.2) is 0 Å². The summed E-state index contributed by atoms with van der Waals surface area (Å²) in [6, 6.07) is 7.51. The van der Waals surface area contributed by atoms with Gasteiger partial charge in [0.1, 0.15) is 0 Å². The fourth-order valence-electron chi connectivity index (χ4n) is 1.85. The zero-order valence-corrected chi connectivity index (χ0v) is 13.0. The smallest absolute Gasteiger partial charge is 0.259 e. The van der Waals surface area contributed by atoms with Gasteiger partial charge in [-0.15, -0.1) is 0 Å². The number of halogens is 1. The quantitative estimate of drug-likeness (QED) is 0.893. The van der Waals surface area contributed by atoms with Gasteiger partial charge in [-0.1, -0.05) is 22.0 Å². The average Bonchev–Trinajstić information content (AvgIpc) is 2.45. The Bertz CT molecular complexity index is 628. The van der Waals surface area contributed by atoms with E-state index < -0.39 is 0 Å². The fraction of sp³-hybridized carbons (Fsp3) is 0.200. The molecular formula is C15H16BrN3O. The second kappa shape index (κ2) is 6.52. The molecule has 1 heterocycles. The van der Waals surface area contributed by atoms with Gasteiger partial charge >= 0.3 is 0 Å². The van der Waals surface area contributed by atoms with Crippen molar-refractivity contribution in [3.63, 3.8) is 0 Å². The maximum absolute atomic E-state index is 12.4. The maximum atomic E-state index is 12.4. The van der Waals surface area contributed by atoms with Crippen LogP contribution >= 0.6 is 15.9 Å². The van der Waals surface area contributed by atoms with E-state index in [0.717, 1.165) is 28.0 Å². The van der Waals surface area contributed by atoms with Crippen molar-refractivity contribution in [3.8, 4) is 0 Å². The van der Waals surface area contributed by atoms with E-state index in [2.05, 4.69) is 31.5 Å². The minimum absolute atomic E-state index is 0.171. The van der Waals surface area contributed by atoms with Crippen LogP contribution in [-0.2, 0) is 0 Å². The molecule has 104 valence electrons. The molecule has 1 amide bonds. The van der Waals surface area contributed by atoms with E-state index in [1.54, 1.807) is 18.5 Å². The van der Waals surface area contributed by atoms with E-state index >= 15 is 0 Å². The number of aromatic nitrogens is 1. The molecule has 1 aromatic carbocycles. The number of hydrogen-bond acceptors (Lipinski definition) is 3. The minimum atomic E-state index is -0.171. The first-order valence-corrected chi connectivity index (χ1v) is 7.17. The van der Waals surface area contributed by atoms with Crippen LogP contribution in [0.2, 0.25) is 0 Å². The summed E-state index contributed by atoms with van der Waals surface area (Å²) in [5.74, 6) is -0.171. The lowest BCUT2D eigenvalue weighted by Gasteiger charge is -2.12. The highest BCUT2D eigenvalue weighted by molar-refractivity contribution is 9.10. The van der Waals surface area contributed by atoms with Crippen molar-refractivity contribution in [2.24, 2.45) is 0 Å². The molecule has 4 nitrogen and oxygen atoms in total. The number of anilines is 2. The Morgan fingerprint density at radius 2 is 2.10 bits per heavy atom. The Balaban J connectivity index is 2.26. The molecular weight excluding hydrogens is 318 g/mol. The van der Waals surface area contributed by atoms with Crippen LogP contribution in [0.25, 0.3) is 0 Å². The Morgan fingerprint density at radius 3 is 2.85 bits per heavy atom. The minimum Gasteiger partial charge on any atom is -0.385 e. The summed E-state index contributed by atoms with van der Waals surface area (Å²) in [5.41, 5.74) is 3.10. The third-order valence-corrected chi connectivity index (χ3v) is 3.81. The number of hydrogen-bond donors (Lipinski definition) is 2. The zero-order chi connectivity index (χ0) is 14.5. The summed E-state index contributed by atoms with van der Waals surface area (Å²) in [7, 11) is 0. The Labute approximate surface area is 126 Å². The van der Waals surface area contributed by atoms with Crippen LogP contribution in [0.3, 0.4) is 0 Å². The lowest BCUT2D eigenvalue weighted by Crippen LogP contribution is -2.15. The molecule has 1 aromatic heterocycles. The van der Waals surface area contributed by atoms with Crippen molar-refractivity contribution < 1.29 is 4.79 Å². The van der Waals surface area contributed by atoms with Crippen LogP contribution in [-0.4, -0.2) is 17.4 Å². The molecule has 20 heavy (non-hydrogen) atoms. The predicted octanol–water partition coefficient (Wildman–Crippen LogP) is 3.84. The Kier molecular flexibility index (Phi) is 4.74. The summed E-state index contributed by atoms with van der Waals surface area (Å²) in [6.45, 7) is 4.69. The van der Waals surface area contributed by atoms with Crippen LogP contribution in [0.4, 0.5) is 11.4 Å². The lowest BCUT2D eigenvalue weighted by atomic mass is 10.1. The first-order chi connectivity index (χ1) is 9.63. The first-order valence-electron chi connectivity index (χ1n) is 6.37. The van der Waals surface area contributed by atoms with Crippen molar-refractivity contribution in [3.05, 3.63) is 52.3 Å². The van der Waals surface area contributed by atoms with Gasteiger partial charge in [-0.05, 0) is 37.6 Å². The molecule has 2 rings (SSSR count). The summed E-state index contributed by atoms with van der Waals surface area (Å²) >= 11 is 3.46. The van der Waals surface area contributed by atoms with Crippen molar-refractivity contribution >= 4 is 33.2 Å². The fourth-order valence-corrected chi connectivity index (χ4v) is 2.22. The Morgan fingerprint density at radius 1 is 1.30 bits per heavy atom. The molecule has 0 bridgehead atoms. The van der Waals surface area contributed by atoms with Gasteiger partial charge in [0, 0.05) is 29.1 Å². The highest BCUT2D eigenvalue weighted by Gasteiger charge is 2.13. The van der Waals surface area contributed by atoms with Crippen molar-refractivity contribution in [1.29, 1.82) is 0 Å². The molecule has 0 radical (unpaired) electrons. The predicted molar refractivity (Wildman–Crippen MR) is 85.2 cm³/mol. The van der Waals surface area contributed by atoms with Crippen molar-refractivity contribution in [1.82, 2.24) is 4.98 Å². The molecule has 0 spiro atoms. The van der Waals surface area contributed by atoms with E-state index in [1.165, 1.54) is 0 Å². The molecule has 0 atom stereocenters. The van der Waals surface area contributed by atoms with Gasteiger partial charge < -0.3 is 10.6 Å². The number of nitrogens with zero attached hydrogens (tertiary/aromatic N) is 1. The second-order valence-electron chi connectivity index (χ2n) is 4.32. The highest BCUT2D eigenvalue weighted by atomic mass is 79.9. The van der Waals surface area contributed by atoms with Crippen molar-refractivity contribution in [2.75, 3.05) is 17.2 Å². The number of amides is 1. The summed E-state index contributed by atoms with van der Waals surface area (Å²) in [4.78, 5) is 16.4. The SMILES string of the molecule is CCNc1ccncc1C(=O)Nc1cccc(Br)c1C. The molecule has 0 aliphatic rings. The normalized spacial score (nSPS) is 10.2. The standard InChI is InChI=1S/C15H16BrN3O/c1-3-18-14-7-8-17-9-11(14)15(20)19-13-6-4-5-12(16)10(13)2/h4-9H,3H2,1-2H3,(H,17,18)(H,19,20). The summed E-state index contributed by atoms with van der Waals surface area (Å²) in [6.07, 6.45) is 3.24. The van der Waals surface area contributed by atoms with Crippen LogP contribution < -0.4 is 10.6 Å². The number of carbonyl (C=O) groups is 1. The molecule has 0 saturated heterocycles. The van der Waals surface area contributed by atoms with E-state index in [-0.39, 0.29) is 5.91 Å². The average molecular weight is 334 g/mol. The van der Waals surface area contributed by atoms with Gasteiger partial charge in [0.2, 0.25) is 0 Å². The molecule has 0 fully saturated rings. The largest absolute Gasteiger partial charge is 0.385 e.